The van der Waals surface area contributed by atoms with Gasteiger partial charge >= 0.3 is 5.97 Å². The second-order valence-corrected chi connectivity index (χ2v) is 7.08. The Balaban J connectivity index is 1.83. The van der Waals surface area contributed by atoms with Gasteiger partial charge in [-0.1, -0.05) is 0 Å². The van der Waals surface area contributed by atoms with E-state index in [0.717, 1.165) is 30.3 Å². The Morgan fingerprint density at radius 3 is 2.04 bits per heavy atom. The van der Waals surface area contributed by atoms with Gasteiger partial charge in [-0.3, -0.25) is 19.8 Å². The molecule has 2 aromatic carbocycles. The van der Waals surface area contributed by atoms with Gasteiger partial charge in [-0.2, -0.15) is 5.01 Å². The quantitative estimate of drug-likeness (QED) is 0.618. The van der Waals surface area contributed by atoms with Crippen molar-refractivity contribution < 1.29 is 32.7 Å². The van der Waals surface area contributed by atoms with E-state index in [9.17, 15) is 27.6 Å². The summed E-state index contributed by atoms with van der Waals surface area (Å²) in [6.07, 6.45) is 0. The molecule has 0 saturated heterocycles. The first-order valence-corrected chi connectivity index (χ1v) is 8.84. The first-order chi connectivity index (χ1) is 12.6. The third kappa shape index (κ3) is 3.28. The van der Waals surface area contributed by atoms with Gasteiger partial charge in [0.25, 0.3) is 17.7 Å². The second kappa shape index (κ2) is 6.30. The van der Waals surface area contributed by atoms with Gasteiger partial charge in [-0.05, 0) is 42.5 Å². The molecule has 0 fully saturated rings. The van der Waals surface area contributed by atoms with Crippen LogP contribution in [-0.2, 0) is 10.0 Å². The molecule has 1 aliphatic heterocycles. The van der Waals surface area contributed by atoms with Crippen molar-refractivity contribution in [2.75, 3.05) is 0 Å². The Labute approximate surface area is 152 Å². The molecule has 1 heterocycles. The number of nitrogens with zero attached hydrogens (tertiary/aromatic N) is 1. The number of nitrogens with one attached hydrogen (secondary N) is 1. The number of benzene rings is 2. The average Bonchev–Trinajstić information content (AvgIpc) is 2.85. The highest BCUT2D eigenvalue weighted by Gasteiger charge is 2.37. The Morgan fingerprint density at radius 1 is 0.926 bits per heavy atom. The summed E-state index contributed by atoms with van der Waals surface area (Å²) < 4.78 is 22.4. The molecule has 0 atom stereocenters. The van der Waals surface area contributed by atoms with Crippen molar-refractivity contribution in [1.29, 1.82) is 0 Å². The van der Waals surface area contributed by atoms with Crippen LogP contribution in [0.1, 0.15) is 41.4 Å². The minimum absolute atomic E-state index is 0.0230. The third-order valence-corrected chi connectivity index (χ3v) is 4.72. The van der Waals surface area contributed by atoms with E-state index >= 15 is 0 Å². The summed E-state index contributed by atoms with van der Waals surface area (Å²) in [6, 6.07) is 7.93. The number of fused-ring (bicyclic) bond motifs is 1. The van der Waals surface area contributed by atoms with Crippen LogP contribution >= 0.6 is 0 Å². The molecule has 10 nitrogen and oxygen atoms in total. The van der Waals surface area contributed by atoms with E-state index in [1.807, 2.05) is 0 Å². The van der Waals surface area contributed by atoms with Crippen molar-refractivity contribution >= 4 is 33.7 Å². The molecule has 0 saturated carbocycles. The number of sulfonamides is 1. The largest absolute Gasteiger partial charge is 0.478 e. The van der Waals surface area contributed by atoms with Gasteiger partial charge in [0.1, 0.15) is 0 Å². The first-order valence-electron chi connectivity index (χ1n) is 7.29. The maximum atomic E-state index is 12.3. The number of aromatic carboxylic acids is 1. The predicted octanol–water partition coefficient (Wildman–Crippen LogP) is -0.0268. The highest BCUT2D eigenvalue weighted by atomic mass is 32.2. The van der Waals surface area contributed by atoms with Crippen molar-refractivity contribution in [1.82, 2.24) is 10.4 Å². The Bertz CT molecular complexity index is 1110. The number of carbonyl (C=O) groups excluding carboxylic acids is 3. The lowest BCUT2D eigenvalue weighted by atomic mass is 10.1. The Morgan fingerprint density at radius 2 is 1.48 bits per heavy atom. The number of carboxylic acid groups (broad SMARTS) is 1. The van der Waals surface area contributed by atoms with Crippen LogP contribution in [0.2, 0.25) is 0 Å². The van der Waals surface area contributed by atoms with Crippen LogP contribution in [-0.4, -0.2) is 42.2 Å². The second-order valence-electron chi connectivity index (χ2n) is 5.52. The molecule has 27 heavy (non-hydrogen) atoms. The summed E-state index contributed by atoms with van der Waals surface area (Å²) in [4.78, 5) is 47.7. The molecular formula is C16H11N3O7S. The highest BCUT2D eigenvalue weighted by molar-refractivity contribution is 7.89. The summed E-state index contributed by atoms with van der Waals surface area (Å²) in [6.45, 7) is 0. The van der Waals surface area contributed by atoms with Gasteiger partial charge < -0.3 is 5.11 Å². The average molecular weight is 389 g/mol. The molecule has 0 spiro atoms. The number of rotatable bonds is 4. The van der Waals surface area contributed by atoms with Crippen LogP contribution in [0.5, 0.6) is 0 Å². The number of hydrogen-bond donors (Lipinski definition) is 3. The molecule has 0 bridgehead atoms. The van der Waals surface area contributed by atoms with E-state index < -0.39 is 33.7 Å². The molecule has 0 radical (unpaired) electrons. The zero-order valence-corrected chi connectivity index (χ0v) is 14.2. The lowest BCUT2D eigenvalue weighted by molar-refractivity contribution is 0.0518. The van der Waals surface area contributed by atoms with Crippen molar-refractivity contribution in [3.05, 3.63) is 64.7 Å². The fourth-order valence-corrected chi connectivity index (χ4v) is 2.95. The van der Waals surface area contributed by atoms with Gasteiger partial charge in [0, 0.05) is 5.56 Å². The summed E-state index contributed by atoms with van der Waals surface area (Å²) in [5.74, 6) is -3.81. The minimum atomic E-state index is -3.93. The fourth-order valence-electron chi connectivity index (χ4n) is 2.44. The van der Waals surface area contributed by atoms with Crippen LogP contribution in [0.3, 0.4) is 0 Å². The molecule has 4 N–H and O–H groups in total. The maximum Gasteiger partial charge on any atom is 0.335 e. The number of carboxylic acids is 1. The lowest BCUT2D eigenvalue weighted by Gasteiger charge is -2.15. The molecule has 0 aliphatic carbocycles. The van der Waals surface area contributed by atoms with Crippen molar-refractivity contribution in [3.8, 4) is 0 Å². The number of amides is 3. The predicted molar refractivity (Wildman–Crippen MR) is 89.2 cm³/mol. The Kier molecular flexibility index (Phi) is 4.25. The summed E-state index contributed by atoms with van der Waals surface area (Å²) in [5.41, 5.74) is 1.72. The lowest BCUT2D eigenvalue weighted by Crippen LogP contribution is -2.45. The standard InChI is InChI=1S/C16H11N3O7S/c17-27(25,26)10-4-1-8(2-5-10)13(20)18-19-14(21)11-6-3-9(16(23)24)7-12(11)15(19)22/h1-7H,(H,18,20)(H,23,24)(H2,17,25,26). The molecule has 3 rings (SSSR count). The third-order valence-electron chi connectivity index (χ3n) is 3.79. The van der Waals surface area contributed by atoms with Crippen LogP contribution in [0.4, 0.5) is 0 Å². The fraction of sp³-hybridized carbons (Fsp3) is 0. The van der Waals surface area contributed by atoms with Crippen molar-refractivity contribution in [2.24, 2.45) is 5.14 Å². The first kappa shape index (κ1) is 18.2. The zero-order valence-electron chi connectivity index (χ0n) is 13.4. The van der Waals surface area contributed by atoms with Crippen LogP contribution in [0.25, 0.3) is 0 Å². The van der Waals surface area contributed by atoms with Crippen LogP contribution in [0.15, 0.2) is 47.4 Å². The Hall–Kier alpha value is -3.57. The number of hydrazine groups is 1. The molecule has 11 heteroatoms. The van der Waals surface area contributed by atoms with Gasteiger partial charge in [0.2, 0.25) is 10.0 Å². The van der Waals surface area contributed by atoms with E-state index in [1.165, 1.54) is 12.1 Å². The van der Waals surface area contributed by atoms with Crippen molar-refractivity contribution in [3.63, 3.8) is 0 Å². The number of nitrogens with two attached hydrogens (primary N) is 1. The summed E-state index contributed by atoms with van der Waals surface area (Å²) >= 11 is 0. The molecule has 3 amide bonds. The molecule has 0 unspecified atom stereocenters. The highest BCUT2D eigenvalue weighted by Crippen LogP contribution is 2.23. The number of imide groups is 1. The molecule has 138 valence electrons. The van der Waals surface area contributed by atoms with Gasteiger partial charge in [-0.25, -0.2) is 18.4 Å². The molecule has 1 aliphatic rings. The van der Waals surface area contributed by atoms with Crippen molar-refractivity contribution in [2.45, 2.75) is 4.90 Å². The van der Waals surface area contributed by atoms with Gasteiger partial charge in [-0.15, -0.1) is 0 Å². The van der Waals surface area contributed by atoms with E-state index in [0.29, 0.717) is 5.01 Å². The van der Waals surface area contributed by atoms with E-state index in [-0.39, 0.29) is 27.1 Å². The summed E-state index contributed by atoms with van der Waals surface area (Å²) in [5, 5.41) is 14.4. The zero-order chi connectivity index (χ0) is 19.9. The van der Waals surface area contributed by atoms with Crippen LogP contribution < -0.4 is 10.6 Å². The summed E-state index contributed by atoms with van der Waals surface area (Å²) in [7, 11) is -3.93. The van der Waals surface area contributed by atoms with E-state index in [4.69, 9.17) is 10.2 Å². The topological polar surface area (TPSA) is 164 Å². The van der Waals surface area contributed by atoms with Gasteiger partial charge in [0.05, 0.1) is 21.6 Å². The smallest absolute Gasteiger partial charge is 0.335 e. The monoisotopic (exact) mass is 389 g/mol. The normalized spacial score (nSPS) is 13.4. The van der Waals surface area contributed by atoms with E-state index in [1.54, 1.807) is 0 Å². The molecule has 0 aromatic heterocycles. The number of hydrogen-bond acceptors (Lipinski definition) is 6. The van der Waals surface area contributed by atoms with Gasteiger partial charge in [0.15, 0.2) is 0 Å². The number of primary sulfonamides is 1. The van der Waals surface area contributed by atoms with Crippen LogP contribution in [0, 0.1) is 0 Å². The maximum absolute atomic E-state index is 12.3. The molecule has 2 aromatic rings. The SMILES string of the molecule is NS(=O)(=O)c1ccc(C(=O)NN2C(=O)c3ccc(C(=O)O)cc3C2=O)cc1. The molecular weight excluding hydrogens is 378 g/mol. The number of carbonyl (C=O) groups is 4. The van der Waals surface area contributed by atoms with E-state index in [2.05, 4.69) is 5.43 Å². The minimum Gasteiger partial charge on any atom is -0.478 e.